The highest BCUT2D eigenvalue weighted by Crippen LogP contribution is 2.19. The second-order valence-electron chi connectivity index (χ2n) is 8.09. The van der Waals surface area contributed by atoms with Crippen molar-refractivity contribution >= 4 is 28.9 Å². The molecule has 0 saturated carbocycles. The maximum atomic E-state index is 12.9. The quantitative estimate of drug-likeness (QED) is 0.420. The van der Waals surface area contributed by atoms with Crippen LogP contribution in [-0.4, -0.2) is 52.3 Å². The molecular formula is C21H30N4O5. The molecule has 2 aromatic rings. The Morgan fingerprint density at radius 3 is 2.50 bits per heavy atom. The molecule has 164 valence electrons. The Balaban J connectivity index is 2.22. The van der Waals surface area contributed by atoms with Gasteiger partial charge in [-0.1, -0.05) is 18.2 Å². The predicted octanol–water partition coefficient (Wildman–Crippen LogP) is 1.91. The average Bonchev–Trinajstić information content (AvgIpc) is 3.05. The molecule has 6 N–H and O–H groups in total. The predicted molar refractivity (Wildman–Crippen MR) is 113 cm³/mol. The molecule has 9 nitrogen and oxygen atoms in total. The van der Waals surface area contributed by atoms with Crippen LogP contribution in [0.4, 0.5) is 4.79 Å². The summed E-state index contributed by atoms with van der Waals surface area (Å²) in [6.45, 7) is 5.46. The van der Waals surface area contributed by atoms with Crippen LogP contribution in [0.2, 0.25) is 0 Å². The Labute approximate surface area is 175 Å². The SMILES string of the molecule is CC(C)(C)OC(=O)N[C@@H](Cc1c[nH]c2ccccc12)C(=O)N[C@@H](CCCN)C(=O)O. The molecule has 0 saturated heterocycles. The van der Waals surface area contributed by atoms with E-state index in [-0.39, 0.29) is 12.8 Å². The molecular weight excluding hydrogens is 388 g/mol. The number of para-hydroxylation sites is 1. The molecule has 9 heteroatoms. The summed E-state index contributed by atoms with van der Waals surface area (Å²) >= 11 is 0. The number of rotatable bonds is 9. The first-order valence-electron chi connectivity index (χ1n) is 9.88. The molecule has 1 aromatic heterocycles. The van der Waals surface area contributed by atoms with Crippen molar-refractivity contribution < 1.29 is 24.2 Å². The highest BCUT2D eigenvalue weighted by atomic mass is 16.6. The topological polar surface area (TPSA) is 147 Å². The molecule has 0 unspecified atom stereocenters. The molecule has 1 aromatic carbocycles. The molecule has 0 radical (unpaired) electrons. The van der Waals surface area contributed by atoms with Gasteiger partial charge in [0.1, 0.15) is 17.7 Å². The number of carboxylic acid groups (broad SMARTS) is 1. The standard InChI is InChI=1S/C21H30N4O5/c1-21(2,3)30-20(29)25-17(18(26)24-16(19(27)28)9-6-10-22)11-13-12-23-15-8-5-4-7-14(13)15/h4-5,7-8,12,16-17,23H,6,9-11,22H2,1-3H3,(H,24,26)(H,25,29)(H,27,28)/t16-,17-/m0/s1. The van der Waals surface area contributed by atoms with Crippen molar-refractivity contribution in [1.29, 1.82) is 0 Å². The Morgan fingerprint density at radius 1 is 1.17 bits per heavy atom. The van der Waals surface area contributed by atoms with E-state index in [1.54, 1.807) is 27.0 Å². The fourth-order valence-corrected chi connectivity index (χ4v) is 3.03. The lowest BCUT2D eigenvalue weighted by atomic mass is 10.0. The minimum Gasteiger partial charge on any atom is -0.480 e. The number of hydrogen-bond donors (Lipinski definition) is 5. The van der Waals surface area contributed by atoms with Crippen LogP contribution in [0, 0.1) is 0 Å². The van der Waals surface area contributed by atoms with Crippen molar-refractivity contribution in [3.63, 3.8) is 0 Å². The largest absolute Gasteiger partial charge is 0.480 e. The van der Waals surface area contributed by atoms with Crippen LogP contribution in [0.1, 0.15) is 39.2 Å². The molecule has 1 heterocycles. The molecule has 0 spiro atoms. The third-order valence-corrected chi connectivity index (χ3v) is 4.42. The number of carboxylic acids is 1. The van der Waals surface area contributed by atoms with Crippen LogP contribution in [0.15, 0.2) is 30.5 Å². The van der Waals surface area contributed by atoms with E-state index in [0.717, 1.165) is 16.5 Å². The van der Waals surface area contributed by atoms with Gasteiger partial charge in [0.15, 0.2) is 0 Å². The number of alkyl carbamates (subject to hydrolysis) is 1. The van der Waals surface area contributed by atoms with Crippen LogP contribution in [0.25, 0.3) is 10.9 Å². The zero-order chi connectivity index (χ0) is 22.3. The molecule has 0 aliphatic carbocycles. The first-order chi connectivity index (χ1) is 14.1. The number of ether oxygens (including phenoxy) is 1. The van der Waals surface area contributed by atoms with Crippen LogP contribution in [-0.2, 0) is 20.7 Å². The summed E-state index contributed by atoms with van der Waals surface area (Å²) in [6.07, 6.45) is 1.83. The molecule has 0 aliphatic rings. The molecule has 30 heavy (non-hydrogen) atoms. The van der Waals surface area contributed by atoms with Gasteiger partial charge in [0.2, 0.25) is 5.91 Å². The minimum atomic E-state index is -1.15. The molecule has 0 aliphatic heterocycles. The molecule has 2 amide bonds. The number of benzene rings is 1. The number of H-pyrrole nitrogens is 1. The fraction of sp³-hybridized carbons (Fsp3) is 0.476. The van der Waals surface area contributed by atoms with E-state index in [2.05, 4.69) is 15.6 Å². The highest BCUT2D eigenvalue weighted by Gasteiger charge is 2.29. The lowest BCUT2D eigenvalue weighted by Crippen LogP contribution is -2.53. The van der Waals surface area contributed by atoms with E-state index in [0.29, 0.717) is 13.0 Å². The van der Waals surface area contributed by atoms with Gasteiger partial charge in [0.05, 0.1) is 0 Å². The summed E-state index contributed by atoms with van der Waals surface area (Å²) in [7, 11) is 0. The van der Waals surface area contributed by atoms with Gasteiger partial charge < -0.3 is 31.2 Å². The Bertz CT molecular complexity index is 887. The summed E-state index contributed by atoms with van der Waals surface area (Å²) in [6, 6.07) is 5.47. The minimum absolute atomic E-state index is 0.165. The number of aromatic amines is 1. The van der Waals surface area contributed by atoms with Crippen LogP contribution < -0.4 is 16.4 Å². The lowest BCUT2D eigenvalue weighted by Gasteiger charge is -2.24. The summed E-state index contributed by atoms with van der Waals surface area (Å²) in [4.78, 5) is 39.8. The lowest BCUT2D eigenvalue weighted by molar-refractivity contribution is -0.142. The van der Waals surface area contributed by atoms with E-state index in [9.17, 15) is 19.5 Å². The Kier molecular flexibility index (Phi) is 7.82. The van der Waals surface area contributed by atoms with Crippen LogP contribution in [0.5, 0.6) is 0 Å². The number of hydrogen-bond acceptors (Lipinski definition) is 5. The molecule has 2 rings (SSSR count). The number of amides is 2. The normalized spacial score (nSPS) is 13.5. The van der Waals surface area contributed by atoms with E-state index >= 15 is 0 Å². The first kappa shape index (κ1) is 23.2. The van der Waals surface area contributed by atoms with Gasteiger partial charge in [-0.25, -0.2) is 9.59 Å². The summed E-state index contributed by atoms with van der Waals surface area (Å²) in [5.41, 5.74) is 6.43. The van der Waals surface area contributed by atoms with E-state index in [1.165, 1.54) is 0 Å². The smallest absolute Gasteiger partial charge is 0.408 e. The third kappa shape index (κ3) is 6.77. The number of nitrogens with one attached hydrogen (secondary N) is 3. The van der Waals surface area contributed by atoms with Crippen molar-refractivity contribution in [3.8, 4) is 0 Å². The summed E-state index contributed by atoms with van der Waals surface area (Å²) in [5, 5.41) is 15.4. The number of carbonyl (C=O) groups excluding carboxylic acids is 2. The Hall–Kier alpha value is -3.07. The summed E-state index contributed by atoms with van der Waals surface area (Å²) in [5.74, 6) is -1.75. The molecule has 2 atom stereocenters. The van der Waals surface area contributed by atoms with Crippen molar-refractivity contribution in [2.45, 2.75) is 57.7 Å². The monoisotopic (exact) mass is 418 g/mol. The van der Waals surface area contributed by atoms with Crippen molar-refractivity contribution in [1.82, 2.24) is 15.6 Å². The second kappa shape index (κ2) is 10.1. The first-order valence-corrected chi connectivity index (χ1v) is 9.88. The third-order valence-electron chi connectivity index (χ3n) is 4.42. The second-order valence-corrected chi connectivity index (χ2v) is 8.09. The zero-order valence-corrected chi connectivity index (χ0v) is 17.5. The van der Waals surface area contributed by atoms with E-state index in [4.69, 9.17) is 10.5 Å². The van der Waals surface area contributed by atoms with Gasteiger partial charge in [0.25, 0.3) is 0 Å². The number of nitrogens with two attached hydrogens (primary N) is 1. The highest BCUT2D eigenvalue weighted by molar-refractivity contribution is 5.90. The van der Waals surface area contributed by atoms with Gasteiger partial charge in [-0.2, -0.15) is 0 Å². The van der Waals surface area contributed by atoms with Crippen LogP contribution in [0.3, 0.4) is 0 Å². The number of aromatic nitrogens is 1. The van der Waals surface area contributed by atoms with Crippen molar-refractivity contribution in [2.75, 3.05) is 6.54 Å². The van der Waals surface area contributed by atoms with E-state index < -0.39 is 35.7 Å². The van der Waals surface area contributed by atoms with Gasteiger partial charge in [-0.15, -0.1) is 0 Å². The van der Waals surface area contributed by atoms with Gasteiger partial charge in [0, 0.05) is 23.5 Å². The van der Waals surface area contributed by atoms with Crippen molar-refractivity contribution in [2.24, 2.45) is 5.73 Å². The van der Waals surface area contributed by atoms with Crippen molar-refractivity contribution in [3.05, 3.63) is 36.0 Å². The Morgan fingerprint density at radius 2 is 1.87 bits per heavy atom. The fourth-order valence-electron chi connectivity index (χ4n) is 3.03. The maximum Gasteiger partial charge on any atom is 0.408 e. The average molecular weight is 418 g/mol. The number of aliphatic carboxylic acids is 1. The van der Waals surface area contributed by atoms with Gasteiger partial charge >= 0.3 is 12.1 Å². The van der Waals surface area contributed by atoms with Gasteiger partial charge in [-0.05, 0) is 51.8 Å². The molecule has 0 fully saturated rings. The van der Waals surface area contributed by atoms with Gasteiger partial charge in [-0.3, -0.25) is 4.79 Å². The number of carbonyl (C=O) groups is 3. The zero-order valence-electron chi connectivity index (χ0n) is 17.5. The summed E-state index contributed by atoms with van der Waals surface area (Å²) < 4.78 is 5.27. The van der Waals surface area contributed by atoms with Crippen LogP contribution >= 0.6 is 0 Å². The van der Waals surface area contributed by atoms with E-state index in [1.807, 2.05) is 24.3 Å². The maximum absolute atomic E-state index is 12.9. The number of fused-ring (bicyclic) bond motifs is 1. The molecule has 0 bridgehead atoms.